The van der Waals surface area contributed by atoms with E-state index in [9.17, 15) is 0 Å². The largest absolute Gasteiger partial charge is 0.395 e. The second-order valence-electron chi connectivity index (χ2n) is 4.34. The van der Waals surface area contributed by atoms with Gasteiger partial charge in [0, 0.05) is 12.1 Å². The highest BCUT2D eigenvalue weighted by Crippen LogP contribution is 2.17. The maximum atomic E-state index is 8.82. The van der Waals surface area contributed by atoms with Gasteiger partial charge < -0.3 is 9.63 Å². The number of hydrogen-bond acceptors (Lipinski definition) is 5. The summed E-state index contributed by atoms with van der Waals surface area (Å²) < 4.78 is 5.19. The van der Waals surface area contributed by atoms with E-state index in [1.165, 1.54) is 0 Å². The fourth-order valence-corrected chi connectivity index (χ4v) is 1.70. The number of likely N-dealkylation sites (N-methyl/N-ethyl adjacent to an activating group) is 1. The first-order chi connectivity index (χ1) is 8.69. The van der Waals surface area contributed by atoms with E-state index in [0.29, 0.717) is 24.8 Å². The van der Waals surface area contributed by atoms with E-state index in [0.717, 1.165) is 11.1 Å². The lowest BCUT2D eigenvalue weighted by Gasteiger charge is -2.10. The van der Waals surface area contributed by atoms with Gasteiger partial charge in [0.05, 0.1) is 13.2 Å². The Morgan fingerprint density at radius 1 is 1.39 bits per heavy atom. The van der Waals surface area contributed by atoms with Crippen molar-refractivity contribution >= 4 is 0 Å². The fraction of sp³-hybridized carbons (Fsp3) is 0.385. The molecule has 0 amide bonds. The van der Waals surface area contributed by atoms with Crippen LogP contribution >= 0.6 is 0 Å². The van der Waals surface area contributed by atoms with Gasteiger partial charge >= 0.3 is 0 Å². The molecule has 96 valence electrons. The van der Waals surface area contributed by atoms with Crippen molar-refractivity contribution in [1.29, 1.82) is 0 Å². The van der Waals surface area contributed by atoms with Crippen LogP contribution in [0.25, 0.3) is 11.4 Å². The van der Waals surface area contributed by atoms with Crippen molar-refractivity contribution < 1.29 is 9.63 Å². The summed E-state index contributed by atoms with van der Waals surface area (Å²) in [5.74, 6) is 1.16. The van der Waals surface area contributed by atoms with Crippen molar-refractivity contribution in [2.45, 2.75) is 13.5 Å². The molecule has 2 rings (SSSR count). The first kappa shape index (κ1) is 12.7. The van der Waals surface area contributed by atoms with E-state index in [1.807, 2.05) is 43.1 Å². The van der Waals surface area contributed by atoms with Crippen LogP contribution in [-0.2, 0) is 6.54 Å². The van der Waals surface area contributed by atoms with Crippen LogP contribution in [0.2, 0.25) is 0 Å². The molecule has 0 atom stereocenters. The number of hydrogen-bond donors (Lipinski definition) is 1. The topological polar surface area (TPSA) is 62.4 Å². The molecule has 1 aromatic carbocycles. The number of aliphatic hydroxyl groups excluding tert-OH is 1. The van der Waals surface area contributed by atoms with Gasteiger partial charge in [-0.1, -0.05) is 28.9 Å². The fourth-order valence-electron chi connectivity index (χ4n) is 1.70. The van der Waals surface area contributed by atoms with E-state index in [1.54, 1.807) is 0 Å². The zero-order valence-electron chi connectivity index (χ0n) is 10.6. The minimum Gasteiger partial charge on any atom is -0.395 e. The predicted molar refractivity (Wildman–Crippen MR) is 67.9 cm³/mol. The molecule has 0 fully saturated rings. The van der Waals surface area contributed by atoms with Crippen LogP contribution in [0, 0.1) is 6.92 Å². The van der Waals surface area contributed by atoms with Gasteiger partial charge in [-0.25, -0.2) is 0 Å². The maximum absolute atomic E-state index is 8.82. The van der Waals surface area contributed by atoms with Crippen LogP contribution in [0.15, 0.2) is 28.8 Å². The van der Waals surface area contributed by atoms with Gasteiger partial charge in [0.25, 0.3) is 0 Å². The summed E-state index contributed by atoms with van der Waals surface area (Å²) in [7, 11) is 1.90. The molecular weight excluding hydrogens is 230 g/mol. The molecule has 5 nitrogen and oxygen atoms in total. The molecule has 0 unspecified atom stereocenters. The van der Waals surface area contributed by atoms with Crippen molar-refractivity contribution in [1.82, 2.24) is 15.0 Å². The molecule has 0 saturated heterocycles. The van der Waals surface area contributed by atoms with Crippen LogP contribution < -0.4 is 0 Å². The molecule has 1 N–H and O–H groups in total. The molecule has 0 bridgehead atoms. The molecule has 0 aliphatic rings. The first-order valence-electron chi connectivity index (χ1n) is 5.88. The zero-order chi connectivity index (χ0) is 13.0. The average molecular weight is 247 g/mol. The van der Waals surface area contributed by atoms with Crippen LogP contribution in [-0.4, -0.2) is 40.3 Å². The Morgan fingerprint density at radius 3 is 2.94 bits per heavy atom. The van der Waals surface area contributed by atoms with E-state index in [4.69, 9.17) is 9.63 Å². The van der Waals surface area contributed by atoms with Crippen LogP contribution in [0.4, 0.5) is 0 Å². The standard InChI is InChI=1S/C13H17N3O2/c1-10-4-3-5-11(8-10)13-14-12(18-15-13)9-16(2)6-7-17/h3-5,8,17H,6-7,9H2,1-2H3. The second-order valence-corrected chi connectivity index (χ2v) is 4.34. The van der Waals surface area contributed by atoms with Gasteiger partial charge in [0.15, 0.2) is 0 Å². The van der Waals surface area contributed by atoms with E-state index in [2.05, 4.69) is 10.1 Å². The lowest BCUT2D eigenvalue weighted by molar-refractivity contribution is 0.200. The highest BCUT2D eigenvalue weighted by atomic mass is 16.5. The Bertz CT molecular complexity index is 510. The van der Waals surface area contributed by atoms with Gasteiger partial charge in [-0.3, -0.25) is 4.90 Å². The minimum atomic E-state index is 0.120. The molecule has 0 aliphatic carbocycles. The summed E-state index contributed by atoms with van der Waals surface area (Å²) in [4.78, 5) is 6.27. The number of aryl methyl sites for hydroxylation is 1. The average Bonchev–Trinajstić information content (AvgIpc) is 2.78. The normalized spacial score (nSPS) is 11.1. The van der Waals surface area contributed by atoms with Gasteiger partial charge in [-0.15, -0.1) is 0 Å². The Kier molecular flexibility index (Phi) is 4.07. The Morgan fingerprint density at radius 2 is 2.22 bits per heavy atom. The minimum absolute atomic E-state index is 0.120. The molecule has 1 aromatic heterocycles. The quantitative estimate of drug-likeness (QED) is 0.866. The lowest BCUT2D eigenvalue weighted by Crippen LogP contribution is -2.21. The van der Waals surface area contributed by atoms with E-state index in [-0.39, 0.29) is 6.61 Å². The van der Waals surface area contributed by atoms with Crippen molar-refractivity contribution in [2.24, 2.45) is 0 Å². The molecule has 5 heteroatoms. The van der Waals surface area contributed by atoms with Gasteiger partial charge in [0.1, 0.15) is 0 Å². The van der Waals surface area contributed by atoms with Crippen LogP contribution in [0.1, 0.15) is 11.5 Å². The molecule has 0 aliphatic heterocycles. The van der Waals surface area contributed by atoms with Crippen molar-refractivity contribution in [3.63, 3.8) is 0 Å². The highest BCUT2D eigenvalue weighted by molar-refractivity contribution is 5.55. The number of rotatable bonds is 5. The Balaban J connectivity index is 2.10. The summed E-state index contributed by atoms with van der Waals surface area (Å²) in [5.41, 5.74) is 2.12. The van der Waals surface area contributed by atoms with Gasteiger partial charge in [-0.2, -0.15) is 4.98 Å². The second kappa shape index (κ2) is 5.75. The number of benzene rings is 1. The summed E-state index contributed by atoms with van der Waals surface area (Å²) in [5, 5.41) is 12.8. The molecule has 0 saturated carbocycles. The van der Waals surface area contributed by atoms with Crippen molar-refractivity contribution in [3.8, 4) is 11.4 Å². The zero-order valence-corrected chi connectivity index (χ0v) is 10.6. The van der Waals surface area contributed by atoms with Crippen molar-refractivity contribution in [2.75, 3.05) is 20.2 Å². The van der Waals surface area contributed by atoms with Gasteiger partial charge in [-0.05, 0) is 20.0 Å². The Hall–Kier alpha value is -1.72. The number of aliphatic hydroxyl groups is 1. The van der Waals surface area contributed by atoms with Crippen molar-refractivity contribution in [3.05, 3.63) is 35.7 Å². The monoisotopic (exact) mass is 247 g/mol. The molecule has 2 aromatic rings. The number of nitrogens with zero attached hydrogens (tertiary/aromatic N) is 3. The summed E-state index contributed by atoms with van der Waals surface area (Å²) >= 11 is 0. The van der Waals surface area contributed by atoms with Crippen LogP contribution in [0.5, 0.6) is 0 Å². The third-order valence-electron chi connectivity index (χ3n) is 2.63. The molecule has 0 radical (unpaired) electrons. The summed E-state index contributed by atoms with van der Waals surface area (Å²) in [6, 6.07) is 7.98. The van der Waals surface area contributed by atoms with E-state index < -0.39 is 0 Å². The summed E-state index contributed by atoms with van der Waals surface area (Å²) in [6.45, 7) is 3.27. The third kappa shape index (κ3) is 3.15. The molecule has 1 heterocycles. The Labute approximate surface area is 106 Å². The third-order valence-corrected chi connectivity index (χ3v) is 2.63. The molecule has 0 spiro atoms. The predicted octanol–water partition coefficient (Wildman–Crippen LogP) is 1.47. The molecular formula is C13H17N3O2. The highest BCUT2D eigenvalue weighted by Gasteiger charge is 2.10. The molecule has 18 heavy (non-hydrogen) atoms. The van der Waals surface area contributed by atoms with Gasteiger partial charge in [0.2, 0.25) is 11.7 Å². The lowest BCUT2D eigenvalue weighted by atomic mass is 10.1. The number of aromatic nitrogens is 2. The first-order valence-corrected chi connectivity index (χ1v) is 5.88. The van der Waals surface area contributed by atoms with E-state index >= 15 is 0 Å². The summed E-state index contributed by atoms with van der Waals surface area (Å²) in [6.07, 6.45) is 0. The maximum Gasteiger partial charge on any atom is 0.241 e. The SMILES string of the molecule is Cc1cccc(-c2noc(CN(C)CCO)n2)c1. The van der Waals surface area contributed by atoms with Crippen LogP contribution in [0.3, 0.4) is 0 Å². The smallest absolute Gasteiger partial charge is 0.241 e.